The number of nitroso groups, excluding NO2 is 1. The predicted molar refractivity (Wildman–Crippen MR) is 128 cm³/mol. The number of rotatable bonds is 5. The number of nitrogens with zero attached hydrogens (tertiary/aromatic N) is 2. The van der Waals surface area contributed by atoms with Gasteiger partial charge in [-0.15, -0.1) is 0 Å². The number of benzene rings is 2. The number of hydrogen-bond acceptors (Lipinski definition) is 6. The van der Waals surface area contributed by atoms with Crippen molar-refractivity contribution < 1.29 is 27.9 Å². The molecule has 3 aliphatic carbocycles. The van der Waals surface area contributed by atoms with Gasteiger partial charge >= 0.3 is 6.18 Å². The summed E-state index contributed by atoms with van der Waals surface area (Å²) in [5.74, 6) is 1.10. The highest BCUT2D eigenvalue weighted by Crippen LogP contribution is 2.62. The third-order valence-electron chi connectivity index (χ3n) is 8.67. The van der Waals surface area contributed by atoms with Gasteiger partial charge in [0.25, 0.3) is 0 Å². The summed E-state index contributed by atoms with van der Waals surface area (Å²) in [6, 6.07) is 8.28. The molecule has 1 unspecified atom stereocenters. The number of fused-ring (bicyclic) bond motifs is 5. The van der Waals surface area contributed by atoms with Crippen LogP contribution in [0.1, 0.15) is 67.2 Å². The zero-order chi connectivity index (χ0) is 25.7. The second-order valence-electron chi connectivity index (χ2n) is 10.4. The Bertz CT molecular complexity index is 1200. The van der Waals surface area contributed by atoms with Crippen molar-refractivity contribution in [2.24, 2.45) is 27.6 Å². The fraction of sp³-hybridized carbons (Fsp3) is 0.519. The van der Waals surface area contributed by atoms with Gasteiger partial charge in [0.1, 0.15) is 6.61 Å². The van der Waals surface area contributed by atoms with Gasteiger partial charge in [-0.2, -0.15) is 18.1 Å². The van der Waals surface area contributed by atoms with Gasteiger partial charge in [-0.25, -0.2) is 0 Å². The van der Waals surface area contributed by atoms with E-state index in [1.807, 2.05) is 6.07 Å². The molecule has 5 rings (SSSR count). The Labute approximate surface area is 207 Å². The van der Waals surface area contributed by atoms with Crippen LogP contribution in [0.3, 0.4) is 0 Å². The third-order valence-corrected chi connectivity index (χ3v) is 8.67. The Morgan fingerprint density at radius 3 is 2.69 bits per heavy atom. The smallest absolute Gasteiger partial charge is 0.416 e. The molecule has 0 aromatic heterocycles. The topological polar surface area (TPSA) is 80.5 Å². The molecular formula is C27H29F3N2O4. The van der Waals surface area contributed by atoms with Crippen LogP contribution in [0.25, 0.3) is 0 Å². The van der Waals surface area contributed by atoms with Gasteiger partial charge in [0.2, 0.25) is 0 Å². The summed E-state index contributed by atoms with van der Waals surface area (Å²) in [6.45, 7) is 2.05. The van der Waals surface area contributed by atoms with Crippen LogP contribution >= 0.6 is 0 Å². The van der Waals surface area contributed by atoms with Crippen molar-refractivity contribution >= 4 is 5.71 Å². The molecule has 6 nitrogen and oxygen atoms in total. The van der Waals surface area contributed by atoms with E-state index < -0.39 is 11.7 Å². The molecule has 9 heteroatoms. The molecular weight excluding hydrogens is 473 g/mol. The highest BCUT2D eigenvalue weighted by molar-refractivity contribution is 6.03. The van der Waals surface area contributed by atoms with Gasteiger partial charge in [0.15, 0.2) is 11.5 Å². The second kappa shape index (κ2) is 9.09. The zero-order valence-corrected chi connectivity index (χ0v) is 20.2. The first-order valence-electron chi connectivity index (χ1n) is 12.2. The van der Waals surface area contributed by atoms with Crippen LogP contribution in [-0.2, 0) is 17.6 Å². The van der Waals surface area contributed by atoms with Crippen LogP contribution in [0.4, 0.5) is 13.2 Å². The highest BCUT2D eigenvalue weighted by atomic mass is 19.4. The standard InChI is InChI=1S/C27H29F3N2O4/c1-26-9-8-17-18-13-24(35-2)23(33)12-20(18)22(11-19(17)21(26)6-7-25(26)31-34)32-36-14-15-4-3-5-16(10-15)27(28,29)30/h3-5,10,12-13,17,19,21,25,33H,6-9,11,14H2,1-2H3/t17-,19-,21+,25?,26+/m1/s1. The maximum Gasteiger partial charge on any atom is 0.416 e. The molecule has 0 saturated heterocycles. The molecule has 0 radical (unpaired) electrons. The molecule has 5 atom stereocenters. The molecule has 192 valence electrons. The van der Waals surface area contributed by atoms with E-state index in [1.165, 1.54) is 13.2 Å². The molecule has 0 spiro atoms. The predicted octanol–water partition coefficient (Wildman–Crippen LogP) is 6.79. The maximum absolute atomic E-state index is 13.1. The van der Waals surface area contributed by atoms with Crippen LogP contribution in [0.2, 0.25) is 0 Å². The Morgan fingerprint density at radius 1 is 1.17 bits per heavy atom. The molecule has 3 aliphatic rings. The Balaban J connectivity index is 1.47. The van der Waals surface area contributed by atoms with E-state index in [0.717, 1.165) is 48.9 Å². The average molecular weight is 503 g/mol. The molecule has 2 fully saturated rings. The van der Waals surface area contributed by atoms with E-state index in [4.69, 9.17) is 9.57 Å². The zero-order valence-electron chi connectivity index (χ0n) is 20.2. The third kappa shape index (κ3) is 4.12. The minimum atomic E-state index is -4.43. The van der Waals surface area contributed by atoms with Crippen LogP contribution in [0, 0.1) is 22.2 Å². The largest absolute Gasteiger partial charge is 0.504 e. The summed E-state index contributed by atoms with van der Waals surface area (Å²) >= 11 is 0. The minimum Gasteiger partial charge on any atom is -0.504 e. The van der Waals surface area contributed by atoms with Crippen molar-refractivity contribution in [3.8, 4) is 11.5 Å². The van der Waals surface area contributed by atoms with E-state index in [1.54, 1.807) is 12.1 Å². The van der Waals surface area contributed by atoms with Crippen molar-refractivity contribution in [3.05, 3.63) is 63.6 Å². The van der Waals surface area contributed by atoms with Crippen molar-refractivity contribution in [2.45, 2.75) is 63.8 Å². The van der Waals surface area contributed by atoms with Crippen LogP contribution in [0.5, 0.6) is 11.5 Å². The van der Waals surface area contributed by atoms with Crippen molar-refractivity contribution in [1.29, 1.82) is 0 Å². The molecule has 0 aliphatic heterocycles. The number of methoxy groups -OCH3 is 1. The normalized spacial score (nSPS) is 30.3. The van der Waals surface area contributed by atoms with Crippen molar-refractivity contribution in [3.63, 3.8) is 0 Å². The summed E-state index contributed by atoms with van der Waals surface area (Å²) in [6.07, 6.45) is -0.356. The average Bonchev–Trinajstić information content (AvgIpc) is 3.20. The number of alkyl halides is 3. The Kier molecular flexibility index (Phi) is 6.21. The molecule has 2 aromatic carbocycles. The number of ether oxygens (including phenoxy) is 1. The van der Waals surface area contributed by atoms with Gasteiger partial charge in [0, 0.05) is 5.56 Å². The molecule has 0 heterocycles. The van der Waals surface area contributed by atoms with E-state index in [2.05, 4.69) is 17.3 Å². The number of phenolic OH excluding ortho intramolecular Hbond substituents is 1. The second-order valence-corrected chi connectivity index (χ2v) is 10.4. The number of oxime groups is 1. The molecule has 36 heavy (non-hydrogen) atoms. The quantitative estimate of drug-likeness (QED) is 0.361. The lowest BCUT2D eigenvalue weighted by Crippen LogP contribution is -2.44. The lowest BCUT2D eigenvalue weighted by Gasteiger charge is -2.49. The molecule has 2 saturated carbocycles. The van der Waals surface area contributed by atoms with E-state index >= 15 is 0 Å². The first-order chi connectivity index (χ1) is 17.2. The lowest BCUT2D eigenvalue weighted by atomic mass is 9.55. The highest BCUT2D eigenvalue weighted by Gasteiger charge is 2.56. The molecule has 1 N–H and O–H groups in total. The van der Waals surface area contributed by atoms with Gasteiger partial charge in [-0.1, -0.05) is 29.4 Å². The number of hydrogen-bond donors (Lipinski definition) is 1. The van der Waals surface area contributed by atoms with Crippen LogP contribution in [-0.4, -0.2) is 24.0 Å². The molecule has 0 amide bonds. The van der Waals surface area contributed by atoms with E-state index in [0.29, 0.717) is 29.4 Å². The summed E-state index contributed by atoms with van der Waals surface area (Å²) in [7, 11) is 1.50. The van der Waals surface area contributed by atoms with Crippen LogP contribution in [0.15, 0.2) is 46.7 Å². The molecule has 2 aromatic rings. The Morgan fingerprint density at radius 2 is 1.97 bits per heavy atom. The van der Waals surface area contributed by atoms with Gasteiger partial charge in [-0.05, 0) is 90.7 Å². The van der Waals surface area contributed by atoms with E-state index in [9.17, 15) is 23.2 Å². The fourth-order valence-electron chi connectivity index (χ4n) is 6.85. The van der Waals surface area contributed by atoms with Crippen LogP contribution < -0.4 is 4.74 Å². The Hall–Kier alpha value is -3.10. The van der Waals surface area contributed by atoms with Crippen molar-refractivity contribution in [2.75, 3.05) is 7.11 Å². The van der Waals surface area contributed by atoms with Gasteiger partial charge < -0.3 is 14.7 Å². The summed E-state index contributed by atoms with van der Waals surface area (Å²) in [4.78, 5) is 17.1. The van der Waals surface area contributed by atoms with Gasteiger partial charge in [0.05, 0.1) is 24.4 Å². The lowest BCUT2D eigenvalue weighted by molar-refractivity contribution is -0.137. The number of halogens is 3. The minimum absolute atomic E-state index is 0.00740. The summed E-state index contributed by atoms with van der Waals surface area (Å²) in [5, 5.41) is 18.3. The summed E-state index contributed by atoms with van der Waals surface area (Å²) < 4.78 is 44.6. The van der Waals surface area contributed by atoms with Gasteiger partial charge in [-0.3, -0.25) is 0 Å². The number of phenols is 1. The maximum atomic E-state index is 13.1. The fourth-order valence-corrected chi connectivity index (χ4v) is 6.85. The molecule has 0 bridgehead atoms. The monoisotopic (exact) mass is 502 g/mol. The van der Waals surface area contributed by atoms with E-state index in [-0.39, 0.29) is 35.6 Å². The first kappa shape index (κ1) is 24.6. The van der Waals surface area contributed by atoms with Crippen molar-refractivity contribution in [1.82, 2.24) is 0 Å². The first-order valence-corrected chi connectivity index (χ1v) is 12.2. The SMILES string of the molecule is COc1cc2c(cc1O)C(=NOCc1cccc(C(F)(F)F)c1)C[C@@H]1[C@@H]2CC[C@]2(C)C(N=O)CC[C@@H]12. The summed E-state index contributed by atoms with van der Waals surface area (Å²) in [5.41, 5.74) is 1.90. The number of aromatic hydroxyl groups is 1.